The first-order chi connectivity index (χ1) is 8.65. The van der Waals surface area contributed by atoms with E-state index in [9.17, 15) is 9.90 Å². The fourth-order valence-electron chi connectivity index (χ4n) is 2.89. The van der Waals surface area contributed by atoms with Crippen LogP contribution in [0.15, 0.2) is 11.4 Å². The van der Waals surface area contributed by atoms with E-state index in [-0.39, 0.29) is 12.1 Å². The zero-order valence-corrected chi connectivity index (χ0v) is 11.9. The van der Waals surface area contributed by atoms with E-state index in [1.54, 1.807) is 11.3 Å². The minimum absolute atomic E-state index is 0.270. The Balaban J connectivity index is 2.25. The highest BCUT2D eigenvalue weighted by atomic mass is 32.1. The van der Waals surface area contributed by atoms with Crippen molar-refractivity contribution in [3.05, 3.63) is 21.9 Å². The van der Waals surface area contributed by atoms with Gasteiger partial charge in [-0.3, -0.25) is 9.69 Å². The quantitative estimate of drug-likeness (QED) is 0.908. The number of nitrogens with zero attached hydrogens (tertiary/aromatic N) is 1. The van der Waals surface area contributed by atoms with Gasteiger partial charge in [0.25, 0.3) is 0 Å². The van der Waals surface area contributed by atoms with Crippen LogP contribution in [-0.4, -0.2) is 28.6 Å². The number of carboxylic acids is 1. The van der Waals surface area contributed by atoms with E-state index in [4.69, 9.17) is 0 Å². The SMILES string of the molecule is CCC(c1sccc1C)N1CCCCC1C(=O)O. The number of likely N-dealkylation sites (tertiary alicyclic amines) is 1. The van der Waals surface area contributed by atoms with E-state index < -0.39 is 5.97 Å². The van der Waals surface area contributed by atoms with Gasteiger partial charge in [-0.2, -0.15) is 0 Å². The molecule has 2 unspecified atom stereocenters. The average molecular weight is 267 g/mol. The van der Waals surface area contributed by atoms with Crippen LogP contribution in [-0.2, 0) is 4.79 Å². The molecule has 1 aromatic rings. The Morgan fingerprint density at radius 3 is 2.94 bits per heavy atom. The van der Waals surface area contributed by atoms with Gasteiger partial charge in [-0.05, 0) is 49.7 Å². The number of rotatable bonds is 4. The number of aryl methyl sites for hydroxylation is 1. The summed E-state index contributed by atoms with van der Waals surface area (Å²) in [4.78, 5) is 14.9. The second kappa shape index (κ2) is 5.85. The predicted molar refractivity (Wildman–Crippen MR) is 74.1 cm³/mol. The van der Waals surface area contributed by atoms with Gasteiger partial charge in [-0.25, -0.2) is 0 Å². The van der Waals surface area contributed by atoms with Crippen LogP contribution >= 0.6 is 11.3 Å². The molecule has 1 fully saturated rings. The molecule has 0 saturated carbocycles. The topological polar surface area (TPSA) is 40.5 Å². The molecule has 2 heterocycles. The minimum atomic E-state index is -0.664. The lowest BCUT2D eigenvalue weighted by Gasteiger charge is -2.38. The van der Waals surface area contributed by atoms with E-state index >= 15 is 0 Å². The molecule has 1 aromatic heterocycles. The van der Waals surface area contributed by atoms with Crippen molar-refractivity contribution in [1.82, 2.24) is 4.90 Å². The van der Waals surface area contributed by atoms with Gasteiger partial charge in [0.1, 0.15) is 6.04 Å². The highest BCUT2D eigenvalue weighted by Crippen LogP contribution is 2.35. The summed E-state index contributed by atoms with van der Waals surface area (Å²) in [5, 5.41) is 11.5. The van der Waals surface area contributed by atoms with Crippen molar-refractivity contribution >= 4 is 17.3 Å². The van der Waals surface area contributed by atoms with Gasteiger partial charge < -0.3 is 5.11 Å². The maximum absolute atomic E-state index is 11.4. The summed E-state index contributed by atoms with van der Waals surface area (Å²) >= 11 is 1.76. The molecule has 0 spiro atoms. The van der Waals surface area contributed by atoms with E-state index in [1.807, 2.05) is 0 Å². The Hall–Kier alpha value is -0.870. The highest BCUT2D eigenvalue weighted by molar-refractivity contribution is 7.10. The van der Waals surface area contributed by atoms with Crippen LogP contribution in [0.2, 0.25) is 0 Å². The molecule has 4 heteroatoms. The number of aliphatic carboxylic acids is 1. The molecule has 18 heavy (non-hydrogen) atoms. The Kier molecular flexibility index (Phi) is 4.40. The van der Waals surface area contributed by atoms with Gasteiger partial charge in [-0.15, -0.1) is 11.3 Å². The smallest absolute Gasteiger partial charge is 0.320 e. The Morgan fingerprint density at radius 2 is 2.39 bits per heavy atom. The maximum atomic E-state index is 11.4. The molecule has 0 bridgehead atoms. The number of hydrogen-bond acceptors (Lipinski definition) is 3. The first-order valence-electron chi connectivity index (χ1n) is 6.67. The lowest BCUT2D eigenvalue weighted by Crippen LogP contribution is -2.46. The van der Waals surface area contributed by atoms with E-state index in [0.29, 0.717) is 0 Å². The monoisotopic (exact) mass is 267 g/mol. The zero-order valence-electron chi connectivity index (χ0n) is 11.1. The third-order valence-electron chi connectivity index (χ3n) is 3.82. The zero-order chi connectivity index (χ0) is 13.1. The fourth-order valence-corrected chi connectivity index (χ4v) is 4.02. The number of piperidine rings is 1. The summed E-state index contributed by atoms with van der Waals surface area (Å²) in [6.45, 7) is 5.18. The van der Waals surface area contributed by atoms with E-state index in [0.717, 1.165) is 32.2 Å². The highest BCUT2D eigenvalue weighted by Gasteiger charge is 2.34. The fraction of sp³-hybridized carbons (Fsp3) is 0.643. The molecular weight excluding hydrogens is 246 g/mol. The standard InChI is InChI=1S/C14H21NO2S/c1-3-11(13-10(2)7-9-18-13)15-8-5-4-6-12(15)14(16)17/h7,9,11-12H,3-6,8H2,1-2H3,(H,16,17). The molecule has 100 valence electrons. The largest absolute Gasteiger partial charge is 0.480 e. The summed E-state index contributed by atoms with van der Waals surface area (Å²) in [6.07, 6.45) is 3.92. The van der Waals surface area contributed by atoms with Crippen LogP contribution in [0.3, 0.4) is 0 Å². The predicted octanol–water partition coefficient (Wildman–Crippen LogP) is 3.45. The van der Waals surface area contributed by atoms with Crippen molar-refractivity contribution in [2.45, 2.75) is 51.6 Å². The van der Waals surface area contributed by atoms with Gasteiger partial charge in [0, 0.05) is 10.9 Å². The summed E-state index contributed by atoms with van der Waals surface area (Å²) < 4.78 is 0. The van der Waals surface area contributed by atoms with Gasteiger partial charge in [0.05, 0.1) is 0 Å². The van der Waals surface area contributed by atoms with Crippen LogP contribution in [0.4, 0.5) is 0 Å². The summed E-state index contributed by atoms with van der Waals surface area (Å²) in [7, 11) is 0. The lowest BCUT2D eigenvalue weighted by molar-refractivity contribution is -0.146. The number of carbonyl (C=O) groups is 1. The Morgan fingerprint density at radius 1 is 1.61 bits per heavy atom. The normalized spacial score (nSPS) is 22.9. The van der Waals surface area contributed by atoms with Gasteiger partial charge >= 0.3 is 5.97 Å². The minimum Gasteiger partial charge on any atom is -0.480 e. The van der Waals surface area contributed by atoms with Crippen molar-refractivity contribution in [2.75, 3.05) is 6.54 Å². The van der Waals surface area contributed by atoms with Gasteiger partial charge in [0.15, 0.2) is 0 Å². The van der Waals surface area contributed by atoms with Gasteiger partial charge in [-0.1, -0.05) is 13.3 Å². The van der Waals surface area contributed by atoms with Crippen LogP contribution < -0.4 is 0 Å². The first kappa shape index (κ1) is 13.6. The summed E-state index contributed by atoms with van der Waals surface area (Å²) in [6, 6.07) is 2.10. The molecule has 1 aliphatic rings. The van der Waals surface area contributed by atoms with Gasteiger partial charge in [0.2, 0.25) is 0 Å². The van der Waals surface area contributed by atoms with Crippen molar-refractivity contribution < 1.29 is 9.90 Å². The number of thiophene rings is 1. The molecule has 0 aliphatic carbocycles. The Labute approximate surface area is 112 Å². The number of hydrogen-bond donors (Lipinski definition) is 1. The van der Waals surface area contributed by atoms with Crippen LogP contribution in [0, 0.1) is 6.92 Å². The van der Waals surface area contributed by atoms with Crippen LogP contribution in [0.1, 0.15) is 49.1 Å². The first-order valence-corrected chi connectivity index (χ1v) is 7.55. The van der Waals surface area contributed by atoms with Crippen molar-refractivity contribution in [2.24, 2.45) is 0 Å². The molecule has 0 radical (unpaired) electrons. The molecule has 1 N–H and O–H groups in total. The van der Waals surface area contributed by atoms with Crippen LogP contribution in [0.5, 0.6) is 0 Å². The van der Waals surface area contributed by atoms with E-state index in [1.165, 1.54) is 10.4 Å². The second-order valence-electron chi connectivity index (χ2n) is 4.98. The Bertz CT molecular complexity index is 416. The van der Waals surface area contributed by atoms with Crippen molar-refractivity contribution in [3.8, 4) is 0 Å². The molecular formula is C14H21NO2S. The third-order valence-corrected chi connectivity index (χ3v) is 4.94. The van der Waals surface area contributed by atoms with Crippen molar-refractivity contribution in [1.29, 1.82) is 0 Å². The third kappa shape index (κ3) is 2.59. The molecule has 0 amide bonds. The molecule has 2 atom stereocenters. The lowest BCUT2D eigenvalue weighted by atomic mass is 9.97. The molecule has 2 rings (SSSR count). The molecule has 1 saturated heterocycles. The second-order valence-corrected chi connectivity index (χ2v) is 5.93. The summed E-state index contributed by atoms with van der Waals surface area (Å²) in [5.41, 5.74) is 1.29. The molecule has 1 aliphatic heterocycles. The maximum Gasteiger partial charge on any atom is 0.320 e. The van der Waals surface area contributed by atoms with Crippen LogP contribution in [0.25, 0.3) is 0 Å². The van der Waals surface area contributed by atoms with Crippen molar-refractivity contribution in [3.63, 3.8) is 0 Å². The average Bonchev–Trinajstić information content (AvgIpc) is 2.77. The molecule has 0 aromatic carbocycles. The number of carboxylic acid groups (broad SMARTS) is 1. The molecule has 3 nitrogen and oxygen atoms in total. The van der Waals surface area contributed by atoms with E-state index in [2.05, 4.69) is 30.2 Å². The summed E-state index contributed by atoms with van der Waals surface area (Å²) in [5.74, 6) is -0.664.